The van der Waals surface area contributed by atoms with Crippen molar-refractivity contribution >= 4 is 28.5 Å². The molecule has 26 heavy (non-hydrogen) atoms. The quantitative estimate of drug-likeness (QED) is 0.666. The van der Waals surface area contributed by atoms with Crippen molar-refractivity contribution in [3.8, 4) is 5.75 Å². The normalized spacial score (nSPS) is 16.1. The summed E-state index contributed by atoms with van der Waals surface area (Å²) in [6.07, 6.45) is 0. The van der Waals surface area contributed by atoms with Crippen LogP contribution in [0.5, 0.6) is 5.75 Å². The summed E-state index contributed by atoms with van der Waals surface area (Å²) in [5.41, 5.74) is 1.87. The summed E-state index contributed by atoms with van der Waals surface area (Å²) >= 11 is 2.19. The first-order chi connectivity index (χ1) is 12.7. The van der Waals surface area contributed by atoms with Gasteiger partial charge in [0.1, 0.15) is 5.75 Å². The number of morpholine rings is 1. The highest BCUT2D eigenvalue weighted by atomic mass is 127. The van der Waals surface area contributed by atoms with Crippen LogP contribution < -0.4 is 10.1 Å². The molecule has 0 aromatic heterocycles. The topological polar surface area (TPSA) is 50.8 Å². The number of hydrogen-bond donors (Lipinski definition) is 1. The number of carbonyl (C=O) groups is 1. The number of halogens is 1. The van der Waals surface area contributed by atoms with Gasteiger partial charge in [-0.25, -0.2) is 0 Å². The second kappa shape index (κ2) is 9.34. The molecule has 1 unspecified atom stereocenters. The van der Waals surface area contributed by atoms with Crippen LogP contribution in [-0.4, -0.2) is 50.8 Å². The Balaban J connectivity index is 1.74. The Morgan fingerprint density at radius 2 is 1.88 bits per heavy atom. The Labute approximate surface area is 167 Å². The first-order valence-corrected chi connectivity index (χ1v) is 9.75. The van der Waals surface area contributed by atoms with Gasteiger partial charge in [-0.15, -0.1) is 0 Å². The van der Waals surface area contributed by atoms with Gasteiger partial charge in [-0.3, -0.25) is 9.69 Å². The summed E-state index contributed by atoms with van der Waals surface area (Å²) in [6.45, 7) is 3.70. The van der Waals surface area contributed by atoms with Crippen LogP contribution in [0.2, 0.25) is 0 Å². The zero-order valence-corrected chi connectivity index (χ0v) is 16.9. The minimum atomic E-state index is -0.0400. The van der Waals surface area contributed by atoms with Crippen LogP contribution in [0.15, 0.2) is 48.5 Å². The van der Waals surface area contributed by atoms with Crippen LogP contribution in [0, 0.1) is 3.57 Å². The minimum absolute atomic E-state index is 0.0400. The maximum Gasteiger partial charge on any atom is 0.252 e. The lowest BCUT2D eigenvalue weighted by atomic mass is 10.0. The summed E-state index contributed by atoms with van der Waals surface area (Å²) in [4.78, 5) is 15.0. The van der Waals surface area contributed by atoms with E-state index in [0.717, 1.165) is 41.2 Å². The van der Waals surface area contributed by atoms with Crippen molar-refractivity contribution < 1.29 is 14.3 Å². The zero-order chi connectivity index (χ0) is 18.4. The molecule has 1 fully saturated rings. The van der Waals surface area contributed by atoms with Crippen molar-refractivity contribution in [3.63, 3.8) is 0 Å². The average Bonchev–Trinajstić information content (AvgIpc) is 2.69. The maximum atomic E-state index is 12.6. The number of methoxy groups -OCH3 is 1. The molecule has 5 nitrogen and oxygen atoms in total. The van der Waals surface area contributed by atoms with E-state index in [2.05, 4.69) is 44.9 Å². The van der Waals surface area contributed by atoms with Crippen LogP contribution in [-0.2, 0) is 4.74 Å². The van der Waals surface area contributed by atoms with E-state index in [9.17, 15) is 4.79 Å². The van der Waals surface area contributed by atoms with Gasteiger partial charge in [0.05, 0.1) is 31.9 Å². The number of benzene rings is 2. The van der Waals surface area contributed by atoms with E-state index in [1.165, 1.54) is 0 Å². The summed E-state index contributed by atoms with van der Waals surface area (Å²) in [5.74, 6) is 0.791. The molecule has 1 aliphatic rings. The van der Waals surface area contributed by atoms with Crippen LogP contribution in [0.3, 0.4) is 0 Å². The number of hydrogen-bond acceptors (Lipinski definition) is 4. The van der Waals surface area contributed by atoms with Gasteiger partial charge in [-0.05, 0) is 52.4 Å². The second-order valence-corrected chi connectivity index (χ2v) is 7.29. The number of ether oxygens (including phenoxy) is 2. The number of nitrogens with zero attached hydrogens (tertiary/aromatic N) is 1. The van der Waals surface area contributed by atoms with Gasteiger partial charge in [0.25, 0.3) is 5.91 Å². The lowest BCUT2D eigenvalue weighted by molar-refractivity contribution is 0.0162. The zero-order valence-electron chi connectivity index (χ0n) is 14.8. The molecular formula is C20H23IN2O3. The third kappa shape index (κ3) is 4.75. The predicted molar refractivity (Wildman–Crippen MR) is 110 cm³/mol. The Hall–Kier alpha value is -1.64. The molecule has 0 aliphatic carbocycles. The van der Waals surface area contributed by atoms with Crippen molar-refractivity contribution in [2.45, 2.75) is 6.04 Å². The summed E-state index contributed by atoms with van der Waals surface area (Å²) in [5, 5.41) is 3.11. The molecule has 1 saturated heterocycles. The highest BCUT2D eigenvalue weighted by Crippen LogP contribution is 2.24. The van der Waals surface area contributed by atoms with Gasteiger partial charge in [0.2, 0.25) is 0 Å². The molecule has 0 saturated carbocycles. The number of rotatable bonds is 6. The molecule has 1 heterocycles. The average molecular weight is 466 g/mol. The van der Waals surface area contributed by atoms with E-state index in [4.69, 9.17) is 9.47 Å². The lowest BCUT2D eigenvalue weighted by Gasteiger charge is -2.35. The predicted octanol–water partition coefficient (Wildman–Crippen LogP) is 3.10. The maximum absolute atomic E-state index is 12.6. The van der Waals surface area contributed by atoms with Crippen LogP contribution >= 0.6 is 22.6 Å². The minimum Gasteiger partial charge on any atom is -0.497 e. The first-order valence-electron chi connectivity index (χ1n) is 8.67. The highest BCUT2D eigenvalue weighted by Gasteiger charge is 2.23. The van der Waals surface area contributed by atoms with Gasteiger partial charge in [0.15, 0.2) is 0 Å². The standard InChI is InChI=1S/C20H23IN2O3/c1-25-16-8-6-15(7-9-16)19(23-10-12-26-13-11-23)14-22-20(24)17-4-2-3-5-18(17)21/h2-9,19H,10-14H2,1H3,(H,22,24). The van der Waals surface area contributed by atoms with Gasteiger partial charge < -0.3 is 14.8 Å². The third-order valence-corrected chi connectivity index (χ3v) is 5.50. The number of amides is 1. The fourth-order valence-electron chi connectivity index (χ4n) is 3.10. The monoisotopic (exact) mass is 466 g/mol. The molecule has 2 aromatic carbocycles. The van der Waals surface area contributed by atoms with E-state index in [-0.39, 0.29) is 11.9 Å². The molecular weight excluding hydrogens is 443 g/mol. The van der Waals surface area contributed by atoms with Crippen molar-refractivity contribution in [3.05, 3.63) is 63.2 Å². The molecule has 138 valence electrons. The van der Waals surface area contributed by atoms with Crippen LogP contribution in [0.1, 0.15) is 22.0 Å². The molecule has 2 aromatic rings. The lowest BCUT2D eigenvalue weighted by Crippen LogP contribution is -2.43. The molecule has 1 N–H and O–H groups in total. The highest BCUT2D eigenvalue weighted by molar-refractivity contribution is 14.1. The second-order valence-electron chi connectivity index (χ2n) is 6.13. The first kappa shape index (κ1) is 19.1. The summed E-state index contributed by atoms with van der Waals surface area (Å²) in [6, 6.07) is 15.8. The van der Waals surface area contributed by atoms with Gasteiger partial charge >= 0.3 is 0 Å². The summed E-state index contributed by atoms with van der Waals surface area (Å²) in [7, 11) is 1.66. The van der Waals surface area contributed by atoms with Crippen molar-refractivity contribution in [2.24, 2.45) is 0 Å². The SMILES string of the molecule is COc1ccc(C(CNC(=O)c2ccccc2I)N2CCOCC2)cc1. The number of nitrogens with one attached hydrogen (secondary N) is 1. The van der Waals surface area contributed by atoms with Crippen molar-refractivity contribution in [1.82, 2.24) is 10.2 Å². The van der Waals surface area contributed by atoms with E-state index >= 15 is 0 Å². The van der Waals surface area contributed by atoms with E-state index in [1.807, 2.05) is 36.4 Å². The van der Waals surface area contributed by atoms with E-state index < -0.39 is 0 Å². The molecule has 1 atom stereocenters. The van der Waals surface area contributed by atoms with Crippen molar-refractivity contribution in [2.75, 3.05) is 40.0 Å². The van der Waals surface area contributed by atoms with Gasteiger partial charge in [-0.2, -0.15) is 0 Å². The smallest absolute Gasteiger partial charge is 0.252 e. The Morgan fingerprint density at radius 1 is 1.19 bits per heavy atom. The molecule has 0 spiro atoms. The Morgan fingerprint density at radius 3 is 2.54 bits per heavy atom. The van der Waals surface area contributed by atoms with E-state index in [1.54, 1.807) is 7.11 Å². The Kier molecular flexibility index (Phi) is 6.87. The van der Waals surface area contributed by atoms with Crippen LogP contribution in [0.4, 0.5) is 0 Å². The molecule has 6 heteroatoms. The summed E-state index contributed by atoms with van der Waals surface area (Å²) < 4.78 is 11.7. The van der Waals surface area contributed by atoms with Gasteiger partial charge in [0, 0.05) is 23.2 Å². The van der Waals surface area contributed by atoms with Crippen LogP contribution in [0.25, 0.3) is 0 Å². The molecule has 1 amide bonds. The Bertz CT molecular complexity index is 730. The van der Waals surface area contributed by atoms with E-state index in [0.29, 0.717) is 12.1 Å². The molecule has 0 radical (unpaired) electrons. The van der Waals surface area contributed by atoms with Crippen molar-refractivity contribution in [1.29, 1.82) is 0 Å². The largest absolute Gasteiger partial charge is 0.497 e. The fourth-order valence-corrected chi connectivity index (χ4v) is 3.74. The molecule has 1 aliphatic heterocycles. The number of carbonyl (C=O) groups excluding carboxylic acids is 1. The molecule has 0 bridgehead atoms. The fraction of sp³-hybridized carbons (Fsp3) is 0.350. The third-order valence-electron chi connectivity index (χ3n) is 4.56. The molecule has 3 rings (SSSR count). The van der Waals surface area contributed by atoms with Gasteiger partial charge in [-0.1, -0.05) is 24.3 Å².